The highest BCUT2D eigenvalue weighted by Crippen LogP contribution is 2.28. The summed E-state index contributed by atoms with van der Waals surface area (Å²) in [7, 11) is 0. The maximum absolute atomic E-state index is 8.36. The first-order valence-electron chi connectivity index (χ1n) is 4.94. The summed E-state index contributed by atoms with van der Waals surface area (Å²) in [6, 6.07) is 0. The van der Waals surface area contributed by atoms with E-state index in [1.165, 1.54) is 0 Å². The molecule has 0 saturated heterocycles. The summed E-state index contributed by atoms with van der Waals surface area (Å²) in [4.78, 5) is 4.54. The quantitative estimate of drug-likeness (QED) is 0.549. The van der Waals surface area contributed by atoms with Gasteiger partial charge in [-0.15, -0.1) is 0 Å². The summed E-state index contributed by atoms with van der Waals surface area (Å²) < 4.78 is 0. The van der Waals surface area contributed by atoms with Crippen LogP contribution in [0.15, 0.2) is 0 Å². The zero-order valence-corrected chi connectivity index (χ0v) is 9.23. The molecule has 0 amide bonds. The van der Waals surface area contributed by atoms with Gasteiger partial charge in [-0.25, -0.2) is 0 Å². The molecule has 0 aromatic heterocycles. The van der Waals surface area contributed by atoms with E-state index < -0.39 is 0 Å². The molecule has 86 valence electrons. The fraction of sp³-hybridized carbons (Fsp3) is 1.00. The highest BCUT2D eigenvalue weighted by atomic mass is 17.1. The normalized spacial score (nSPS) is 18.2. The lowest BCUT2D eigenvalue weighted by Crippen LogP contribution is -2.30. The lowest BCUT2D eigenvalue weighted by molar-refractivity contribution is -0.494. The van der Waals surface area contributed by atoms with Crippen molar-refractivity contribution in [2.75, 3.05) is 13.2 Å². The molecule has 0 aliphatic rings. The molecular weight excluding hydrogens is 184 g/mol. The van der Waals surface area contributed by atoms with Crippen LogP contribution in [0.2, 0.25) is 0 Å². The van der Waals surface area contributed by atoms with Crippen molar-refractivity contribution in [3.05, 3.63) is 0 Å². The molecule has 0 bridgehead atoms. The minimum atomic E-state index is -0.248. The first kappa shape index (κ1) is 13.8. The summed E-state index contributed by atoms with van der Waals surface area (Å²) in [6.45, 7) is 7.13. The second-order valence-electron chi connectivity index (χ2n) is 4.23. The van der Waals surface area contributed by atoms with E-state index in [-0.39, 0.29) is 23.3 Å². The van der Waals surface area contributed by atoms with E-state index in [0.717, 1.165) is 12.8 Å². The van der Waals surface area contributed by atoms with E-state index in [2.05, 4.69) is 18.7 Å². The largest absolute Gasteiger partial charge is 0.330 e. The number of rotatable bonds is 7. The third-order valence-electron chi connectivity index (χ3n) is 2.66. The van der Waals surface area contributed by atoms with Crippen LogP contribution in [0.25, 0.3) is 0 Å². The van der Waals surface area contributed by atoms with Gasteiger partial charge in [-0.1, -0.05) is 20.8 Å². The topological polar surface area (TPSA) is 79.0 Å². The molecule has 0 radical (unpaired) electrons. The molecule has 0 fully saturated rings. The van der Waals surface area contributed by atoms with Crippen molar-refractivity contribution in [1.29, 1.82) is 0 Å². The van der Waals surface area contributed by atoms with Crippen LogP contribution in [0.4, 0.5) is 0 Å². The minimum absolute atomic E-state index is 0.110. The third-order valence-corrected chi connectivity index (χ3v) is 2.66. The van der Waals surface area contributed by atoms with E-state index in [1.54, 1.807) is 0 Å². The average Bonchev–Trinajstić information content (AvgIpc) is 2.14. The Balaban J connectivity index is 3.85. The van der Waals surface area contributed by atoms with Crippen LogP contribution >= 0.6 is 0 Å². The molecular formula is C9H22N2O3. The van der Waals surface area contributed by atoms with Crippen LogP contribution in [0.1, 0.15) is 33.6 Å². The second kappa shape index (κ2) is 6.31. The predicted octanol–water partition coefficient (Wildman–Crippen LogP) is 1.40. The van der Waals surface area contributed by atoms with Crippen LogP contribution in [0.3, 0.4) is 0 Å². The van der Waals surface area contributed by atoms with E-state index in [0.29, 0.717) is 6.54 Å². The summed E-state index contributed by atoms with van der Waals surface area (Å²) in [6.07, 6.45) is 1.92. The van der Waals surface area contributed by atoms with Crippen molar-refractivity contribution in [1.82, 2.24) is 5.39 Å². The lowest BCUT2D eigenvalue weighted by atomic mass is 9.79. The molecule has 2 unspecified atom stereocenters. The Morgan fingerprint density at radius 1 is 1.50 bits per heavy atom. The highest BCUT2D eigenvalue weighted by molar-refractivity contribution is 4.75. The Hall–Kier alpha value is -0.200. The lowest BCUT2D eigenvalue weighted by Gasteiger charge is -2.29. The number of nitrogens with zero attached hydrogens (tertiary/aromatic N) is 1. The average molecular weight is 206 g/mol. The van der Waals surface area contributed by atoms with Crippen LogP contribution in [0, 0.1) is 11.3 Å². The third kappa shape index (κ3) is 5.51. The first-order chi connectivity index (χ1) is 6.43. The molecule has 14 heavy (non-hydrogen) atoms. The van der Waals surface area contributed by atoms with Gasteiger partial charge in [0.1, 0.15) is 0 Å². The molecule has 0 aromatic rings. The first-order valence-corrected chi connectivity index (χ1v) is 4.94. The Morgan fingerprint density at radius 3 is 2.43 bits per heavy atom. The molecule has 5 heteroatoms. The van der Waals surface area contributed by atoms with Crippen molar-refractivity contribution in [2.24, 2.45) is 17.1 Å². The van der Waals surface area contributed by atoms with Crippen LogP contribution in [0.5, 0.6) is 0 Å². The van der Waals surface area contributed by atoms with Gasteiger partial charge in [0.05, 0.1) is 12.0 Å². The van der Waals surface area contributed by atoms with Gasteiger partial charge in [0.25, 0.3) is 0 Å². The van der Waals surface area contributed by atoms with Gasteiger partial charge in [0.15, 0.2) is 0 Å². The zero-order valence-electron chi connectivity index (χ0n) is 9.23. The van der Waals surface area contributed by atoms with Crippen molar-refractivity contribution < 1.29 is 15.3 Å². The van der Waals surface area contributed by atoms with Gasteiger partial charge in [-0.2, -0.15) is 0 Å². The molecule has 0 spiro atoms. The van der Waals surface area contributed by atoms with Crippen molar-refractivity contribution in [3.63, 3.8) is 0 Å². The molecule has 0 rings (SSSR count). The van der Waals surface area contributed by atoms with Gasteiger partial charge in [0.2, 0.25) is 0 Å². The highest BCUT2D eigenvalue weighted by Gasteiger charge is 2.23. The van der Waals surface area contributed by atoms with E-state index in [4.69, 9.17) is 16.1 Å². The van der Waals surface area contributed by atoms with E-state index >= 15 is 0 Å². The fourth-order valence-corrected chi connectivity index (χ4v) is 1.47. The van der Waals surface area contributed by atoms with E-state index in [9.17, 15) is 0 Å². The number of nitrogens with two attached hydrogens (primary N) is 1. The standard InChI is InChI=1S/C9H22N2O3/c1-4-9(3,7-10)5-8(2)6-14-11(12)13/h8,12-13H,4-7,10H2,1-3H3. The molecule has 0 heterocycles. The van der Waals surface area contributed by atoms with Crippen molar-refractivity contribution in [2.45, 2.75) is 33.6 Å². The molecule has 2 atom stereocenters. The maximum atomic E-state index is 8.36. The number of hydrogen-bond donors (Lipinski definition) is 3. The van der Waals surface area contributed by atoms with Crippen molar-refractivity contribution in [3.8, 4) is 0 Å². The fourth-order valence-electron chi connectivity index (χ4n) is 1.47. The summed E-state index contributed by atoms with van der Waals surface area (Å²) >= 11 is 0. The molecule has 0 aromatic carbocycles. The van der Waals surface area contributed by atoms with Gasteiger partial charge >= 0.3 is 0 Å². The molecule has 0 saturated carbocycles. The minimum Gasteiger partial charge on any atom is -0.330 e. The van der Waals surface area contributed by atoms with Gasteiger partial charge in [-0.3, -0.25) is 15.3 Å². The van der Waals surface area contributed by atoms with Crippen LogP contribution < -0.4 is 5.73 Å². The monoisotopic (exact) mass is 206 g/mol. The molecule has 4 N–H and O–H groups in total. The Morgan fingerprint density at radius 2 is 2.07 bits per heavy atom. The van der Waals surface area contributed by atoms with Gasteiger partial charge in [0, 0.05) is 0 Å². The molecule has 5 nitrogen and oxygen atoms in total. The van der Waals surface area contributed by atoms with Crippen LogP contribution in [-0.4, -0.2) is 29.0 Å². The van der Waals surface area contributed by atoms with Gasteiger partial charge in [-0.05, 0) is 30.7 Å². The zero-order chi connectivity index (χ0) is 11.2. The van der Waals surface area contributed by atoms with Crippen molar-refractivity contribution >= 4 is 0 Å². The second-order valence-corrected chi connectivity index (χ2v) is 4.23. The molecule has 0 aliphatic carbocycles. The molecule has 0 aliphatic heterocycles. The SMILES string of the molecule is CCC(C)(CN)CC(C)CON(O)O. The summed E-state index contributed by atoms with van der Waals surface area (Å²) in [5.74, 6) is 0.241. The predicted molar refractivity (Wildman–Crippen MR) is 52.6 cm³/mol. The maximum Gasteiger partial charge on any atom is 0.0761 e. The Kier molecular flexibility index (Phi) is 6.22. The van der Waals surface area contributed by atoms with E-state index in [1.807, 2.05) is 6.92 Å². The Labute approximate surface area is 85.3 Å². The number of hydrogen-bond acceptors (Lipinski definition) is 5. The Bertz CT molecular complexity index is 149. The van der Waals surface area contributed by atoms with Gasteiger partial charge < -0.3 is 5.73 Å². The van der Waals surface area contributed by atoms with Crippen LogP contribution in [-0.2, 0) is 4.84 Å². The summed E-state index contributed by atoms with van der Waals surface area (Å²) in [5, 5.41) is 16.5. The summed E-state index contributed by atoms with van der Waals surface area (Å²) in [5.41, 5.74) is 5.78. The smallest absolute Gasteiger partial charge is 0.0761 e.